The summed E-state index contributed by atoms with van der Waals surface area (Å²) in [7, 11) is 0. The molecule has 3 fully saturated rings. The Bertz CT molecular complexity index is 6370. The molecule has 132 heavy (non-hydrogen) atoms. The molecule has 0 spiro atoms. The summed E-state index contributed by atoms with van der Waals surface area (Å²) >= 11 is 0. The maximum Gasteiger partial charge on any atom is 0.254 e. The lowest BCUT2D eigenvalue weighted by atomic mass is 10.0. The van der Waals surface area contributed by atoms with Gasteiger partial charge in [-0.3, -0.25) is 38.4 Å². The Hall–Kier alpha value is -15.1. The number of nitrogens with one attached hydrogen (secondary N) is 4. The van der Waals surface area contributed by atoms with Gasteiger partial charge in [0.1, 0.15) is 109 Å². The second kappa shape index (κ2) is 42.5. The second-order valence-corrected chi connectivity index (χ2v) is 31.8. The fraction of sp³-hybridized carbons (Fsp3) is 0.277. The molecule has 4 unspecified atom stereocenters. The number of hydrogen-bond acceptors (Lipinski definition) is 19. The first-order valence-corrected chi connectivity index (χ1v) is 42.1. The normalized spacial score (nSPS) is 14.8. The van der Waals surface area contributed by atoms with Gasteiger partial charge < -0.3 is 81.3 Å². The number of nitrogen functional groups attached to an aromatic ring is 4. The SMILES string of the molecule is CCC(C)n1nc(-c2ccc(CNC(=O)c3ccccc3C)cc2)c(C(N)=O)c1N.Cc1ccc(F)cc1C(=O)NCc1cc(F)c(-c2nn(C3CCCOC3)c(N)c2C(N)=O)cc1F.Cc1ccccc1C(=O)NCc1cc(F)c(-c2nn(C3CCCOC3)c(N)c2C(N)=O)cc1F.Cc1ccccc1C(=O)NCc1cc(F)c(-c2nn(C3CCOC3)c(N)c2C(N)=O)cc1F. The van der Waals surface area contributed by atoms with Crippen molar-refractivity contribution >= 4 is 70.5 Å². The number of primary amides is 4. The monoisotopic (exact) mass is 1820 g/mol. The standard InChI is InChI=1S/C24H24F3N5O3.C24H25F2N5O3.C23H23F2N5O3.C23H27N5O2/c1-12-4-5-14(25)8-16(12)24(34)30-10-13-7-19(27)17(9-18(13)26)21-20(23(29)33)22(28)32(31-21)15-3-2-6-35-11-15;1-13-5-2-3-7-16(13)24(33)29-11-14-9-19(26)17(10-18(14)25)21-20(23(28)32)22(27)31(30-21)15-6-4-8-34-12-15;1-12-4-2-3-5-15(12)23(32)28-10-13-8-18(25)16(9-17(13)24)20-19(22(27)31)21(26)30(29-20)14-6-7-33-11-14;1-4-15(3)28-21(24)19(22(25)29)20(27-28)17-11-9-16(10-12-17)13-26-23(30)18-8-6-5-7-14(18)2/h4-5,7-9,15H,2-3,6,10-11,28H2,1H3,(H2,29,33)(H,30,34);2-3,5,7,9-10,15H,4,6,8,11-12,27H2,1H3,(H2,28,32)(H,29,33);2-5,8-9,14H,6-7,10-11,26H2,1H3,(H2,27,31)(H,28,32);5-12,15H,4,13,24H2,1-3H3,(H2,25,29)(H,26,30). The predicted octanol–water partition coefficient (Wildman–Crippen LogP) is 12.5. The number of rotatable bonds is 25. The van der Waals surface area contributed by atoms with Crippen LogP contribution in [-0.2, 0) is 40.4 Å². The highest BCUT2D eigenvalue weighted by Gasteiger charge is 2.34. The average Bonchev–Trinajstić information content (AvgIpc) is 1.62. The van der Waals surface area contributed by atoms with E-state index in [9.17, 15) is 55.9 Å². The van der Waals surface area contributed by atoms with Crippen molar-refractivity contribution < 1.29 is 83.3 Å². The number of hydrogen-bond donors (Lipinski definition) is 12. The highest BCUT2D eigenvalue weighted by atomic mass is 19.2. The molecule has 8 aromatic carbocycles. The molecular weight excluding hydrogens is 1720 g/mol. The molecule has 0 saturated carbocycles. The number of anilines is 4. The first kappa shape index (κ1) is 96.0. The minimum Gasteiger partial charge on any atom is -0.383 e. The number of carbonyl (C=O) groups excluding carboxylic acids is 8. The van der Waals surface area contributed by atoms with Gasteiger partial charge >= 0.3 is 0 Å². The van der Waals surface area contributed by atoms with Crippen molar-refractivity contribution in [2.75, 3.05) is 62.6 Å². The van der Waals surface area contributed by atoms with Gasteiger partial charge in [-0.1, -0.05) is 91.9 Å². The molecule has 20 N–H and O–H groups in total. The third-order valence-electron chi connectivity index (χ3n) is 22.8. The molecule has 7 heterocycles. The van der Waals surface area contributed by atoms with Crippen molar-refractivity contribution in [3.05, 3.63) is 281 Å². The lowest BCUT2D eigenvalue weighted by Gasteiger charge is -2.23. The van der Waals surface area contributed by atoms with Crippen molar-refractivity contribution in [3.8, 4) is 45.0 Å². The van der Waals surface area contributed by atoms with Gasteiger partial charge in [-0.15, -0.1) is 0 Å². The summed E-state index contributed by atoms with van der Waals surface area (Å²) in [5.41, 5.74) is 51.3. The minimum atomic E-state index is -0.929. The Morgan fingerprint density at radius 1 is 0.386 bits per heavy atom. The van der Waals surface area contributed by atoms with Crippen LogP contribution in [0.1, 0.15) is 204 Å². The van der Waals surface area contributed by atoms with E-state index in [0.29, 0.717) is 93.4 Å². The number of carbonyl (C=O) groups is 8. The summed E-state index contributed by atoms with van der Waals surface area (Å²) in [6.07, 6.45) is 4.35. The number of ether oxygens (including phenoxy) is 3. The molecule has 3 saturated heterocycles. The van der Waals surface area contributed by atoms with Gasteiger partial charge in [-0.2, -0.15) is 20.4 Å². The number of nitrogens with zero attached hydrogens (tertiary/aromatic N) is 8. The summed E-state index contributed by atoms with van der Waals surface area (Å²) in [4.78, 5) is 97.8. The first-order valence-electron chi connectivity index (χ1n) is 42.1. The summed E-state index contributed by atoms with van der Waals surface area (Å²) in [5, 5.41) is 28.0. The highest BCUT2D eigenvalue weighted by molar-refractivity contribution is 6.06. The van der Waals surface area contributed by atoms with Crippen LogP contribution in [0.25, 0.3) is 45.0 Å². The molecule has 12 aromatic rings. The fourth-order valence-corrected chi connectivity index (χ4v) is 15.3. The number of aryl methyl sites for hydroxylation is 4. The predicted molar refractivity (Wildman–Crippen MR) is 479 cm³/mol. The van der Waals surface area contributed by atoms with E-state index in [1.54, 1.807) is 80.1 Å². The third-order valence-corrected chi connectivity index (χ3v) is 22.8. The Labute approximate surface area is 753 Å². The van der Waals surface area contributed by atoms with Gasteiger partial charge in [0.25, 0.3) is 47.3 Å². The number of halogens is 7. The molecule has 31 nitrogen and oxygen atoms in total. The number of benzene rings is 8. The molecule has 4 atom stereocenters. The van der Waals surface area contributed by atoms with E-state index in [2.05, 4.69) is 41.7 Å². The zero-order valence-electron chi connectivity index (χ0n) is 72.9. The zero-order chi connectivity index (χ0) is 95.2. The summed E-state index contributed by atoms with van der Waals surface area (Å²) < 4.78 is 125. The molecule has 0 bridgehead atoms. The number of aromatic nitrogens is 8. The first-order chi connectivity index (χ1) is 63.0. The van der Waals surface area contributed by atoms with Crippen LogP contribution < -0.4 is 67.1 Å². The van der Waals surface area contributed by atoms with Gasteiger partial charge in [-0.25, -0.2) is 49.5 Å². The van der Waals surface area contributed by atoms with E-state index < -0.39 is 82.1 Å². The lowest BCUT2D eigenvalue weighted by Crippen LogP contribution is -2.24. The van der Waals surface area contributed by atoms with E-state index >= 15 is 13.2 Å². The fourth-order valence-electron chi connectivity index (χ4n) is 15.3. The van der Waals surface area contributed by atoms with Gasteiger partial charge in [0.05, 0.1) is 44.0 Å². The lowest BCUT2D eigenvalue weighted by molar-refractivity contribution is 0.0557. The summed E-state index contributed by atoms with van der Waals surface area (Å²) in [6.45, 7) is 13.4. The molecule has 690 valence electrons. The molecular formula is C94H99F7N20O11. The number of amides is 8. The summed E-state index contributed by atoms with van der Waals surface area (Å²) in [5.74, 6) is -10.2. The van der Waals surface area contributed by atoms with E-state index in [-0.39, 0.29) is 151 Å². The van der Waals surface area contributed by atoms with Crippen molar-refractivity contribution in [1.82, 2.24) is 60.4 Å². The van der Waals surface area contributed by atoms with Crippen LogP contribution in [0.4, 0.5) is 54.0 Å². The maximum absolute atomic E-state index is 15.1. The number of nitrogens with two attached hydrogens (primary N) is 8. The molecule has 0 radical (unpaired) electrons. The van der Waals surface area contributed by atoms with Crippen LogP contribution in [0.15, 0.2) is 152 Å². The van der Waals surface area contributed by atoms with Gasteiger partial charge in [0.2, 0.25) is 0 Å². The largest absolute Gasteiger partial charge is 0.383 e. The van der Waals surface area contributed by atoms with Gasteiger partial charge in [-0.05, 0) is 168 Å². The van der Waals surface area contributed by atoms with E-state index in [1.165, 1.54) is 26.2 Å². The highest BCUT2D eigenvalue weighted by Crippen LogP contribution is 2.39. The Morgan fingerprint density at radius 3 is 1.06 bits per heavy atom. The van der Waals surface area contributed by atoms with E-state index in [0.717, 1.165) is 89.5 Å². The van der Waals surface area contributed by atoms with Crippen LogP contribution in [0, 0.1) is 68.4 Å². The van der Waals surface area contributed by atoms with Crippen LogP contribution >= 0.6 is 0 Å². The summed E-state index contributed by atoms with van der Waals surface area (Å²) in [6, 6.07) is 37.4. The van der Waals surface area contributed by atoms with Crippen molar-refractivity contribution in [2.45, 2.75) is 130 Å². The van der Waals surface area contributed by atoms with Crippen LogP contribution in [0.5, 0.6) is 0 Å². The Balaban J connectivity index is 0.000000159. The molecule has 4 aromatic heterocycles. The van der Waals surface area contributed by atoms with Crippen LogP contribution in [0.3, 0.4) is 0 Å². The van der Waals surface area contributed by atoms with Crippen molar-refractivity contribution in [2.24, 2.45) is 22.9 Å². The second-order valence-electron chi connectivity index (χ2n) is 31.8. The molecule has 3 aliphatic rings. The smallest absolute Gasteiger partial charge is 0.254 e. The molecule has 3 aliphatic heterocycles. The Kier molecular flexibility index (Phi) is 30.9. The van der Waals surface area contributed by atoms with Gasteiger partial charge in [0, 0.05) is 107 Å². The maximum atomic E-state index is 15.1. The topological polar surface area (TPSA) is 492 Å². The quantitative estimate of drug-likeness (QED) is 0.0236. The van der Waals surface area contributed by atoms with Crippen LogP contribution in [0.2, 0.25) is 0 Å². The Morgan fingerprint density at radius 2 is 0.720 bits per heavy atom. The molecule has 0 aliphatic carbocycles. The molecule has 38 heteroatoms. The molecule has 15 rings (SSSR count). The third kappa shape index (κ3) is 21.8. The zero-order valence-corrected chi connectivity index (χ0v) is 72.9. The van der Waals surface area contributed by atoms with E-state index in [1.807, 2.05) is 63.2 Å². The van der Waals surface area contributed by atoms with Gasteiger partial charge in [0.15, 0.2) is 0 Å². The molecule has 8 amide bonds. The van der Waals surface area contributed by atoms with Crippen LogP contribution in [-0.4, -0.2) is 126 Å². The van der Waals surface area contributed by atoms with E-state index in [4.69, 9.17) is 60.1 Å². The van der Waals surface area contributed by atoms with Crippen molar-refractivity contribution in [1.29, 1.82) is 0 Å². The minimum absolute atomic E-state index is 0.0209. The average molecular weight is 1820 g/mol. The van der Waals surface area contributed by atoms with Crippen molar-refractivity contribution in [3.63, 3.8) is 0 Å².